The van der Waals surface area contributed by atoms with Crippen molar-refractivity contribution in [3.05, 3.63) is 58.7 Å². The molecule has 0 radical (unpaired) electrons. The highest BCUT2D eigenvalue weighted by Gasteiger charge is 2.32. The summed E-state index contributed by atoms with van der Waals surface area (Å²) in [6.07, 6.45) is 6.39. The minimum absolute atomic E-state index is 0.156. The highest BCUT2D eigenvalue weighted by molar-refractivity contribution is 6.99. The molecule has 1 aromatic carbocycles. The third kappa shape index (κ3) is 4.47. The summed E-state index contributed by atoms with van der Waals surface area (Å²) in [5.74, 6) is 0.472. The molecule has 0 bridgehead atoms. The molecule has 0 spiro atoms. The molecule has 1 fully saturated rings. The van der Waals surface area contributed by atoms with E-state index in [1.807, 2.05) is 28.9 Å². The SMILES string of the molecule is COc1ccc(Cn2nc(C(=O)NC3CCCC3)c3c2CCN(C(=O)c2cnsn2)C3)cc1. The van der Waals surface area contributed by atoms with Crippen LogP contribution in [-0.2, 0) is 19.5 Å². The van der Waals surface area contributed by atoms with Gasteiger partial charge in [-0.15, -0.1) is 0 Å². The van der Waals surface area contributed by atoms with Crippen molar-refractivity contribution < 1.29 is 14.3 Å². The fourth-order valence-corrected chi connectivity index (χ4v) is 5.03. The summed E-state index contributed by atoms with van der Waals surface area (Å²) in [6, 6.07) is 8.03. The quantitative estimate of drug-likeness (QED) is 0.599. The van der Waals surface area contributed by atoms with Gasteiger partial charge in [0.1, 0.15) is 5.75 Å². The Bertz CT molecular complexity index is 1140. The summed E-state index contributed by atoms with van der Waals surface area (Å²) in [4.78, 5) is 27.8. The van der Waals surface area contributed by atoms with Crippen molar-refractivity contribution in [2.75, 3.05) is 13.7 Å². The Hall–Kier alpha value is -3.27. The predicted molar refractivity (Wildman–Crippen MR) is 122 cm³/mol. The van der Waals surface area contributed by atoms with Crippen molar-refractivity contribution in [1.82, 2.24) is 28.7 Å². The van der Waals surface area contributed by atoms with Crippen LogP contribution >= 0.6 is 11.7 Å². The molecule has 1 saturated carbocycles. The fourth-order valence-electron chi connectivity index (χ4n) is 4.63. The second-order valence-corrected chi connectivity index (χ2v) is 9.06. The molecule has 9 nitrogen and oxygen atoms in total. The molecular weight excluding hydrogens is 440 g/mol. The van der Waals surface area contributed by atoms with E-state index in [0.717, 1.165) is 60.0 Å². The molecule has 3 aromatic rings. The second-order valence-electron chi connectivity index (χ2n) is 8.50. The zero-order valence-corrected chi connectivity index (χ0v) is 19.3. The lowest BCUT2D eigenvalue weighted by atomic mass is 10.0. The number of aromatic nitrogens is 4. The number of benzene rings is 1. The van der Waals surface area contributed by atoms with Crippen LogP contribution in [0.4, 0.5) is 0 Å². The van der Waals surface area contributed by atoms with Gasteiger partial charge in [0, 0.05) is 30.3 Å². The van der Waals surface area contributed by atoms with Crippen LogP contribution in [0.3, 0.4) is 0 Å². The molecule has 172 valence electrons. The van der Waals surface area contributed by atoms with Gasteiger partial charge in [-0.1, -0.05) is 25.0 Å². The average Bonchev–Trinajstić information content (AvgIpc) is 3.61. The van der Waals surface area contributed by atoms with Gasteiger partial charge in [-0.3, -0.25) is 14.3 Å². The Balaban J connectivity index is 1.44. The maximum Gasteiger partial charge on any atom is 0.275 e. The van der Waals surface area contributed by atoms with Crippen molar-refractivity contribution in [2.24, 2.45) is 0 Å². The summed E-state index contributed by atoms with van der Waals surface area (Å²) in [5, 5.41) is 7.89. The lowest BCUT2D eigenvalue weighted by Gasteiger charge is -2.27. The first-order valence-corrected chi connectivity index (χ1v) is 11.9. The Morgan fingerprint density at radius 1 is 1.21 bits per heavy atom. The largest absolute Gasteiger partial charge is 0.497 e. The predicted octanol–water partition coefficient (Wildman–Crippen LogP) is 2.66. The first kappa shape index (κ1) is 21.6. The number of rotatable bonds is 6. The van der Waals surface area contributed by atoms with Crippen LogP contribution in [0.5, 0.6) is 5.75 Å². The summed E-state index contributed by atoms with van der Waals surface area (Å²) >= 11 is 1.01. The molecule has 2 aromatic heterocycles. The normalized spacial score (nSPS) is 16.0. The topological polar surface area (TPSA) is 102 Å². The van der Waals surface area contributed by atoms with E-state index in [1.54, 1.807) is 12.0 Å². The first-order chi connectivity index (χ1) is 16.1. The van der Waals surface area contributed by atoms with Gasteiger partial charge in [0.15, 0.2) is 11.4 Å². The number of hydrogen-bond donors (Lipinski definition) is 1. The van der Waals surface area contributed by atoms with Crippen LogP contribution in [0.2, 0.25) is 0 Å². The number of ether oxygens (including phenoxy) is 1. The summed E-state index contributed by atoms with van der Waals surface area (Å²) in [6.45, 7) is 1.43. The highest BCUT2D eigenvalue weighted by Crippen LogP contribution is 2.26. The molecule has 33 heavy (non-hydrogen) atoms. The van der Waals surface area contributed by atoms with Gasteiger partial charge in [-0.25, -0.2) is 0 Å². The molecule has 1 aliphatic heterocycles. The van der Waals surface area contributed by atoms with Crippen molar-refractivity contribution in [3.63, 3.8) is 0 Å². The van der Waals surface area contributed by atoms with E-state index in [2.05, 4.69) is 14.1 Å². The van der Waals surface area contributed by atoms with Crippen LogP contribution in [-0.4, -0.2) is 54.9 Å². The van der Waals surface area contributed by atoms with Crippen molar-refractivity contribution in [3.8, 4) is 5.75 Å². The molecule has 5 rings (SSSR count). The molecule has 2 aliphatic rings. The first-order valence-electron chi connectivity index (χ1n) is 11.2. The van der Waals surface area contributed by atoms with Crippen LogP contribution in [0, 0.1) is 0 Å². The van der Waals surface area contributed by atoms with E-state index in [9.17, 15) is 9.59 Å². The Morgan fingerprint density at radius 3 is 2.70 bits per heavy atom. The molecule has 1 aliphatic carbocycles. The minimum Gasteiger partial charge on any atom is -0.497 e. The van der Waals surface area contributed by atoms with Crippen LogP contribution in [0.15, 0.2) is 30.5 Å². The number of carbonyl (C=O) groups excluding carboxylic acids is 2. The number of hydrogen-bond acceptors (Lipinski definition) is 7. The molecule has 1 N–H and O–H groups in total. The zero-order chi connectivity index (χ0) is 22.8. The Morgan fingerprint density at radius 2 is 2.00 bits per heavy atom. The maximum atomic E-state index is 13.2. The zero-order valence-electron chi connectivity index (χ0n) is 18.5. The van der Waals surface area contributed by atoms with Crippen molar-refractivity contribution >= 4 is 23.5 Å². The number of carbonyl (C=O) groups is 2. The number of methoxy groups -OCH3 is 1. The molecule has 0 saturated heterocycles. The smallest absolute Gasteiger partial charge is 0.275 e. The number of nitrogens with one attached hydrogen (secondary N) is 1. The fraction of sp³-hybridized carbons (Fsp3) is 0.435. The third-order valence-corrected chi connectivity index (χ3v) is 6.88. The number of amides is 2. The monoisotopic (exact) mass is 466 g/mol. The van der Waals surface area contributed by atoms with Gasteiger partial charge >= 0.3 is 0 Å². The standard InChI is InChI=1S/C23H26N6O3S/c1-32-17-8-6-15(7-9-17)13-29-20-10-11-28(23(31)19-12-24-33-27-19)14-18(20)21(26-29)22(30)25-16-4-2-3-5-16/h6-9,12,16H,2-5,10-11,13-14H2,1H3,(H,25,30). The van der Waals surface area contributed by atoms with E-state index in [4.69, 9.17) is 9.84 Å². The maximum absolute atomic E-state index is 13.2. The van der Waals surface area contributed by atoms with E-state index in [0.29, 0.717) is 37.4 Å². The molecule has 0 unspecified atom stereocenters. The molecule has 10 heteroatoms. The van der Waals surface area contributed by atoms with E-state index in [-0.39, 0.29) is 17.9 Å². The van der Waals surface area contributed by atoms with Gasteiger partial charge in [0.2, 0.25) is 0 Å². The van der Waals surface area contributed by atoms with Crippen LogP contribution in [0.25, 0.3) is 0 Å². The third-order valence-electron chi connectivity index (χ3n) is 6.40. The Kier molecular flexibility index (Phi) is 6.08. The van der Waals surface area contributed by atoms with Gasteiger partial charge in [0.05, 0.1) is 38.1 Å². The summed E-state index contributed by atoms with van der Waals surface area (Å²) in [7, 11) is 1.64. The van der Waals surface area contributed by atoms with Crippen LogP contribution in [0.1, 0.15) is 63.5 Å². The molecule has 0 atom stereocenters. The van der Waals surface area contributed by atoms with E-state index >= 15 is 0 Å². The van der Waals surface area contributed by atoms with Gasteiger partial charge < -0.3 is 15.0 Å². The summed E-state index contributed by atoms with van der Waals surface area (Å²) in [5.41, 5.74) is 3.64. The van der Waals surface area contributed by atoms with Crippen LogP contribution < -0.4 is 10.1 Å². The molecule has 3 heterocycles. The molecular formula is C23H26N6O3S. The second kappa shape index (κ2) is 9.30. The molecule has 2 amide bonds. The van der Waals surface area contributed by atoms with E-state index < -0.39 is 0 Å². The lowest BCUT2D eigenvalue weighted by Crippen LogP contribution is -2.38. The lowest BCUT2D eigenvalue weighted by molar-refractivity contribution is 0.0725. The van der Waals surface area contributed by atoms with E-state index in [1.165, 1.54) is 6.20 Å². The van der Waals surface area contributed by atoms with Gasteiger partial charge in [0.25, 0.3) is 11.8 Å². The Labute approximate surface area is 196 Å². The van der Waals surface area contributed by atoms with Gasteiger partial charge in [-0.2, -0.15) is 13.8 Å². The minimum atomic E-state index is -0.167. The van der Waals surface area contributed by atoms with Crippen molar-refractivity contribution in [2.45, 2.75) is 51.2 Å². The van der Waals surface area contributed by atoms with Crippen molar-refractivity contribution in [1.29, 1.82) is 0 Å². The average molecular weight is 467 g/mol. The number of nitrogens with zero attached hydrogens (tertiary/aromatic N) is 5. The highest BCUT2D eigenvalue weighted by atomic mass is 32.1. The van der Waals surface area contributed by atoms with Gasteiger partial charge in [-0.05, 0) is 30.5 Å². The number of fused-ring (bicyclic) bond motifs is 1. The summed E-state index contributed by atoms with van der Waals surface area (Å²) < 4.78 is 15.2.